The summed E-state index contributed by atoms with van der Waals surface area (Å²) in [5.41, 5.74) is 1.33. The first-order chi connectivity index (χ1) is 20.8. The van der Waals surface area contributed by atoms with Crippen molar-refractivity contribution < 1.29 is 28.3 Å². The highest BCUT2D eigenvalue weighted by Crippen LogP contribution is 2.39. The van der Waals surface area contributed by atoms with Gasteiger partial charge in [0.2, 0.25) is 5.91 Å². The molecule has 2 rings (SSSR count). The molecule has 0 fully saturated rings. The Hall–Kier alpha value is -3.17. The van der Waals surface area contributed by atoms with E-state index in [2.05, 4.69) is 44.5 Å². The summed E-state index contributed by atoms with van der Waals surface area (Å²) < 4.78 is 17.8. The first-order valence-electron chi connectivity index (χ1n) is 16.0. The lowest BCUT2D eigenvalue weighted by atomic mass is 9.88. The van der Waals surface area contributed by atoms with Gasteiger partial charge in [-0.3, -0.25) is 4.79 Å². The number of esters is 1. The Morgan fingerprint density at radius 1 is 0.800 bits per heavy atom. The summed E-state index contributed by atoms with van der Waals surface area (Å²) >= 11 is 0. The van der Waals surface area contributed by atoms with Gasteiger partial charge < -0.3 is 24.5 Å². The molecule has 2 N–H and O–H groups in total. The molecular weight excluding hydrogens is 584 g/mol. The van der Waals surface area contributed by atoms with Crippen molar-refractivity contribution >= 4 is 26.3 Å². The van der Waals surface area contributed by atoms with E-state index in [0.717, 1.165) is 11.1 Å². The molecular formula is C36H56N2O6Si. The van der Waals surface area contributed by atoms with Gasteiger partial charge in [0.05, 0.1) is 19.3 Å². The molecule has 0 spiro atoms. The number of carbonyl (C=O) groups is 3. The molecule has 0 heterocycles. The van der Waals surface area contributed by atoms with Gasteiger partial charge in [-0.25, -0.2) is 9.59 Å². The van der Waals surface area contributed by atoms with Crippen LogP contribution in [0.3, 0.4) is 0 Å². The Morgan fingerprint density at radius 3 is 1.76 bits per heavy atom. The summed E-state index contributed by atoms with van der Waals surface area (Å²) in [6.07, 6.45) is 0.152. The Balaban J connectivity index is 2.62. The Morgan fingerprint density at radius 2 is 1.31 bits per heavy atom. The molecule has 0 saturated heterocycles. The van der Waals surface area contributed by atoms with Crippen LogP contribution in [0.15, 0.2) is 60.7 Å². The number of nitrogens with one attached hydrogen (secondary N) is 2. The highest BCUT2D eigenvalue weighted by Gasteiger charge is 2.43. The molecule has 2 amide bonds. The van der Waals surface area contributed by atoms with Crippen molar-refractivity contribution in [1.29, 1.82) is 0 Å². The Labute approximate surface area is 272 Å². The van der Waals surface area contributed by atoms with Crippen LogP contribution in [0.5, 0.6) is 0 Å². The van der Waals surface area contributed by atoms with E-state index in [4.69, 9.17) is 13.9 Å². The molecule has 2 aromatic carbocycles. The molecule has 0 bridgehead atoms. The molecule has 45 heavy (non-hydrogen) atoms. The summed E-state index contributed by atoms with van der Waals surface area (Å²) in [5, 5.41) is 5.97. The van der Waals surface area contributed by atoms with Crippen LogP contribution in [0.4, 0.5) is 4.79 Å². The van der Waals surface area contributed by atoms with Crippen molar-refractivity contribution in [2.24, 2.45) is 11.8 Å². The lowest BCUT2D eigenvalue weighted by molar-refractivity contribution is -0.147. The lowest BCUT2D eigenvalue weighted by Crippen LogP contribution is -2.55. The number of hydrogen-bond acceptors (Lipinski definition) is 6. The maximum atomic E-state index is 14.1. The van der Waals surface area contributed by atoms with Gasteiger partial charge in [0.25, 0.3) is 0 Å². The number of alkyl carbamates (subject to hydrolysis) is 1. The average molecular weight is 641 g/mol. The van der Waals surface area contributed by atoms with E-state index >= 15 is 0 Å². The minimum atomic E-state index is -2.41. The predicted octanol–water partition coefficient (Wildman–Crippen LogP) is 7.08. The van der Waals surface area contributed by atoms with Crippen molar-refractivity contribution in [2.45, 2.75) is 117 Å². The van der Waals surface area contributed by atoms with Gasteiger partial charge in [0, 0.05) is 5.92 Å². The third kappa shape index (κ3) is 12.6. The molecule has 8 nitrogen and oxygen atoms in total. The molecule has 250 valence electrons. The smallest absolute Gasteiger partial charge is 0.407 e. The second-order valence-electron chi connectivity index (χ2n) is 14.7. The second-order valence-corrected chi connectivity index (χ2v) is 19.5. The van der Waals surface area contributed by atoms with E-state index in [-0.39, 0.29) is 16.9 Å². The maximum absolute atomic E-state index is 14.1. The largest absolute Gasteiger partial charge is 0.467 e. The highest BCUT2D eigenvalue weighted by atomic mass is 28.4. The predicted molar refractivity (Wildman–Crippen MR) is 182 cm³/mol. The van der Waals surface area contributed by atoms with E-state index in [1.807, 2.05) is 95.3 Å². The minimum absolute atomic E-state index is 0.126. The van der Waals surface area contributed by atoms with E-state index in [9.17, 15) is 14.4 Å². The van der Waals surface area contributed by atoms with Crippen LogP contribution in [-0.2, 0) is 36.3 Å². The fourth-order valence-corrected chi connectivity index (χ4v) is 6.18. The third-order valence-electron chi connectivity index (χ3n) is 8.33. The molecule has 0 aliphatic carbocycles. The molecule has 1 unspecified atom stereocenters. The van der Waals surface area contributed by atoms with Crippen molar-refractivity contribution in [3.05, 3.63) is 71.8 Å². The number of hydrogen-bond donors (Lipinski definition) is 2. The van der Waals surface area contributed by atoms with E-state index in [0.29, 0.717) is 19.3 Å². The van der Waals surface area contributed by atoms with Gasteiger partial charge >= 0.3 is 12.1 Å². The fourth-order valence-electron chi connectivity index (χ4n) is 4.81. The molecule has 9 heteroatoms. The summed E-state index contributed by atoms with van der Waals surface area (Å²) in [6, 6.07) is 18.4. The quantitative estimate of drug-likeness (QED) is 0.169. The first kappa shape index (κ1) is 38.0. The van der Waals surface area contributed by atoms with Crippen molar-refractivity contribution in [2.75, 3.05) is 7.11 Å². The normalized spacial score (nSPS) is 15.0. The van der Waals surface area contributed by atoms with E-state index in [1.165, 1.54) is 7.11 Å². The summed E-state index contributed by atoms with van der Waals surface area (Å²) in [6.45, 7) is 20.1. The van der Waals surface area contributed by atoms with Crippen LogP contribution in [-0.4, -0.2) is 57.2 Å². The maximum Gasteiger partial charge on any atom is 0.407 e. The summed E-state index contributed by atoms with van der Waals surface area (Å²) in [7, 11) is -1.09. The van der Waals surface area contributed by atoms with Gasteiger partial charge in [-0.1, -0.05) is 95.3 Å². The van der Waals surface area contributed by atoms with Crippen molar-refractivity contribution in [3.63, 3.8) is 0 Å². The molecule has 2 aromatic rings. The van der Waals surface area contributed by atoms with Crippen LogP contribution < -0.4 is 10.6 Å². The van der Waals surface area contributed by atoms with Gasteiger partial charge in [-0.15, -0.1) is 0 Å². The Bertz CT molecular complexity index is 1220. The fraction of sp³-hybridized carbons (Fsp3) is 0.583. The molecule has 0 aromatic heterocycles. The number of ether oxygens (including phenoxy) is 2. The van der Waals surface area contributed by atoms with Crippen LogP contribution in [0.2, 0.25) is 18.1 Å². The number of benzene rings is 2. The van der Waals surface area contributed by atoms with Gasteiger partial charge in [-0.05, 0) is 75.2 Å². The van der Waals surface area contributed by atoms with E-state index in [1.54, 1.807) is 0 Å². The zero-order chi connectivity index (χ0) is 34.0. The average Bonchev–Trinajstić information content (AvgIpc) is 2.93. The zero-order valence-corrected chi connectivity index (χ0v) is 30.2. The Kier molecular flexibility index (Phi) is 13.9. The molecule has 0 saturated carbocycles. The van der Waals surface area contributed by atoms with Crippen LogP contribution >= 0.6 is 0 Å². The first-order valence-corrected chi connectivity index (χ1v) is 18.9. The number of carbonyl (C=O) groups excluding carboxylic acids is 3. The molecule has 0 aliphatic rings. The van der Waals surface area contributed by atoms with Crippen LogP contribution in [0.1, 0.15) is 72.9 Å². The number of methoxy groups -OCH3 is 1. The van der Waals surface area contributed by atoms with Gasteiger partial charge in [0.15, 0.2) is 8.32 Å². The SMILES string of the molecule is COC(=O)[C@H](NC(=O)C(Cc1ccccc1)C[C@H](O[Si](C)(C)C(C)(C)C)[C@H](Cc1ccccc1)NC(=O)OC(C)(C)C)C(C)C. The number of amides is 2. The van der Waals surface area contributed by atoms with Crippen LogP contribution in [0.25, 0.3) is 0 Å². The van der Waals surface area contributed by atoms with Gasteiger partial charge in [-0.2, -0.15) is 0 Å². The standard InChI is InChI=1S/C36H56N2O6Si/c1-25(2)31(33(40)42-9)38-32(39)28(22-26-18-14-12-15-19-26)24-30(44-45(10,11)36(6,7)8)29(23-27-20-16-13-17-21-27)37-34(41)43-35(3,4)5/h12-21,25,28-31H,22-24H2,1-11H3,(H,37,41)(H,38,39)/t28?,29-,30-,31+/m0/s1. The highest BCUT2D eigenvalue weighted by molar-refractivity contribution is 6.74. The van der Waals surface area contributed by atoms with Gasteiger partial charge in [0.1, 0.15) is 11.6 Å². The van der Waals surface area contributed by atoms with Crippen molar-refractivity contribution in [3.8, 4) is 0 Å². The molecule has 0 radical (unpaired) electrons. The monoisotopic (exact) mass is 640 g/mol. The van der Waals surface area contributed by atoms with Crippen LogP contribution in [0, 0.1) is 11.8 Å². The summed E-state index contributed by atoms with van der Waals surface area (Å²) in [4.78, 5) is 40.0. The third-order valence-corrected chi connectivity index (χ3v) is 12.8. The summed E-state index contributed by atoms with van der Waals surface area (Å²) in [5.74, 6) is -1.48. The van der Waals surface area contributed by atoms with E-state index < -0.39 is 50.1 Å². The molecule has 4 atom stereocenters. The topological polar surface area (TPSA) is 103 Å². The van der Waals surface area contributed by atoms with Crippen molar-refractivity contribution in [1.82, 2.24) is 10.6 Å². The molecule has 0 aliphatic heterocycles. The number of rotatable bonds is 14. The minimum Gasteiger partial charge on any atom is -0.467 e. The zero-order valence-electron chi connectivity index (χ0n) is 29.2. The second kappa shape index (κ2) is 16.4. The lowest BCUT2D eigenvalue weighted by Gasteiger charge is -2.42.